The van der Waals surface area contributed by atoms with Crippen LogP contribution in [-0.4, -0.2) is 41.8 Å². The van der Waals surface area contributed by atoms with Crippen LogP contribution >= 0.6 is 0 Å². The van der Waals surface area contributed by atoms with Crippen LogP contribution in [0.25, 0.3) is 10.9 Å². The Morgan fingerprint density at radius 1 is 1.28 bits per heavy atom. The molecule has 1 aromatic heterocycles. The van der Waals surface area contributed by atoms with Gasteiger partial charge in [-0.15, -0.1) is 0 Å². The molecule has 1 aliphatic rings. The van der Waals surface area contributed by atoms with Gasteiger partial charge in [0.2, 0.25) is 10.0 Å². The predicted molar refractivity (Wildman–Crippen MR) is 107 cm³/mol. The number of aromatic hydroxyl groups is 1. The molecule has 1 aliphatic heterocycles. The third-order valence-electron chi connectivity index (χ3n) is 5.23. The lowest BCUT2D eigenvalue weighted by atomic mass is 10.0. The summed E-state index contributed by atoms with van der Waals surface area (Å²) in [5.41, 5.74) is 2.14. The van der Waals surface area contributed by atoms with Crippen molar-refractivity contribution in [2.75, 3.05) is 17.6 Å². The van der Waals surface area contributed by atoms with E-state index < -0.39 is 16.3 Å². The van der Waals surface area contributed by atoms with Gasteiger partial charge in [0, 0.05) is 42.8 Å². The van der Waals surface area contributed by atoms with Crippen molar-refractivity contribution in [3.8, 4) is 5.75 Å². The Labute approximate surface area is 167 Å². The summed E-state index contributed by atoms with van der Waals surface area (Å²) in [5.74, 6) is -0.526. The number of pyridine rings is 1. The number of sulfonamides is 1. The summed E-state index contributed by atoms with van der Waals surface area (Å²) in [4.78, 5) is 5.87. The van der Waals surface area contributed by atoms with Crippen molar-refractivity contribution >= 4 is 26.6 Å². The molecule has 0 amide bonds. The average Bonchev–Trinajstić information content (AvgIpc) is 2.99. The zero-order chi connectivity index (χ0) is 20.9. The molecule has 0 saturated carbocycles. The van der Waals surface area contributed by atoms with E-state index in [1.54, 1.807) is 29.2 Å². The molecule has 0 spiro atoms. The quantitative estimate of drug-likeness (QED) is 0.677. The number of aliphatic hydroxyl groups excluding tert-OH is 1. The first kappa shape index (κ1) is 19.6. The number of benzene rings is 2. The molecule has 0 radical (unpaired) electrons. The molecular weight excluding hydrogens is 397 g/mol. The molecule has 2 heterocycles. The number of nitrogens with zero attached hydrogens (tertiary/aromatic N) is 3. The summed E-state index contributed by atoms with van der Waals surface area (Å²) in [6.07, 6.45) is 1.43. The van der Waals surface area contributed by atoms with Crippen molar-refractivity contribution in [2.24, 2.45) is 0 Å². The number of aliphatic hydroxyl groups is 1. The number of halogens is 1. The normalized spacial score (nSPS) is 16.9. The van der Waals surface area contributed by atoms with Crippen LogP contribution in [0, 0.1) is 5.82 Å². The Morgan fingerprint density at radius 2 is 1.97 bits per heavy atom. The summed E-state index contributed by atoms with van der Waals surface area (Å²) >= 11 is 0. The molecule has 29 heavy (non-hydrogen) atoms. The third-order valence-corrected chi connectivity index (χ3v) is 6.41. The second-order valence-corrected chi connectivity index (χ2v) is 9.14. The molecule has 7 nitrogen and oxygen atoms in total. The van der Waals surface area contributed by atoms with E-state index >= 15 is 0 Å². The van der Waals surface area contributed by atoms with Crippen LogP contribution in [0.4, 0.5) is 10.1 Å². The minimum absolute atomic E-state index is 0.171. The molecule has 0 aliphatic carbocycles. The molecule has 4 rings (SSSR count). The van der Waals surface area contributed by atoms with Crippen LogP contribution in [0.5, 0.6) is 5.75 Å². The lowest BCUT2D eigenvalue weighted by molar-refractivity contribution is 0.00655. The Hall–Kier alpha value is -2.75. The Kier molecular flexibility index (Phi) is 4.68. The van der Waals surface area contributed by atoms with E-state index in [1.165, 1.54) is 25.4 Å². The molecule has 0 bridgehead atoms. The van der Waals surface area contributed by atoms with E-state index in [-0.39, 0.29) is 29.2 Å². The van der Waals surface area contributed by atoms with Gasteiger partial charge < -0.3 is 10.2 Å². The standard InChI is InChI=1S/C20H20FN3O4S/c1-23(29(2,27)28)18-14-4-3-9-22-17(14)19(25)16-15(18)11-24(20(16)26)10-12-5-7-13(21)8-6-12/h3-9,20,25-26H,10-11H2,1-2H3. The maximum atomic E-state index is 13.2. The number of phenols is 1. The van der Waals surface area contributed by atoms with Crippen LogP contribution in [0.2, 0.25) is 0 Å². The van der Waals surface area contributed by atoms with Gasteiger partial charge in [-0.3, -0.25) is 14.2 Å². The number of phenolic OH excluding ortho intramolecular Hbond substituents is 1. The topological polar surface area (TPSA) is 94.0 Å². The van der Waals surface area contributed by atoms with Crippen LogP contribution in [0.3, 0.4) is 0 Å². The van der Waals surface area contributed by atoms with Crippen LogP contribution in [-0.2, 0) is 23.1 Å². The first-order valence-electron chi connectivity index (χ1n) is 8.91. The zero-order valence-electron chi connectivity index (χ0n) is 15.9. The van der Waals surface area contributed by atoms with Gasteiger partial charge in [0.25, 0.3) is 0 Å². The van der Waals surface area contributed by atoms with E-state index in [0.29, 0.717) is 23.2 Å². The Balaban J connectivity index is 1.87. The van der Waals surface area contributed by atoms with Crippen molar-refractivity contribution in [3.05, 3.63) is 65.1 Å². The highest BCUT2D eigenvalue weighted by atomic mass is 32.2. The van der Waals surface area contributed by atoms with Gasteiger partial charge in [-0.2, -0.15) is 0 Å². The summed E-state index contributed by atoms with van der Waals surface area (Å²) in [6, 6.07) is 9.26. The molecule has 152 valence electrons. The number of aromatic nitrogens is 1. The summed E-state index contributed by atoms with van der Waals surface area (Å²) in [6.45, 7) is 0.503. The van der Waals surface area contributed by atoms with E-state index in [2.05, 4.69) is 4.98 Å². The summed E-state index contributed by atoms with van der Waals surface area (Å²) < 4.78 is 38.9. The second-order valence-electron chi connectivity index (χ2n) is 7.12. The molecule has 9 heteroatoms. The lowest BCUT2D eigenvalue weighted by Crippen LogP contribution is -2.26. The number of fused-ring (bicyclic) bond motifs is 2. The van der Waals surface area contributed by atoms with Crippen molar-refractivity contribution in [1.82, 2.24) is 9.88 Å². The minimum atomic E-state index is -3.60. The number of rotatable bonds is 4. The fraction of sp³-hybridized carbons (Fsp3) is 0.250. The van der Waals surface area contributed by atoms with Gasteiger partial charge in [0.05, 0.1) is 11.9 Å². The van der Waals surface area contributed by atoms with Gasteiger partial charge in [0.1, 0.15) is 23.3 Å². The molecule has 1 unspecified atom stereocenters. The van der Waals surface area contributed by atoms with E-state index in [4.69, 9.17) is 0 Å². The zero-order valence-corrected chi connectivity index (χ0v) is 16.7. The Bertz CT molecular complexity index is 1200. The van der Waals surface area contributed by atoms with Crippen molar-refractivity contribution in [2.45, 2.75) is 19.3 Å². The van der Waals surface area contributed by atoms with Crippen LogP contribution < -0.4 is 4.31 Å². The molecule has 2 aromatic carbocycles. The molecular formula is C20H20FN3O4S. The van der Waals surface area contributed by atoms with Crippen molar-refractivity contribution in [3.63, 3.8) is 0 Å². The minimum Gasteiger partial charge on any atom is -0.505 e. The van der Waals surface area contributed by atoms with Crippen molar-refractivity contribution < 1.29 is 23.0 Å². The maximum absolute atomic E-state index is 13.2. The smallest absolute Gasteiger partial charge is 0.232 e. The molecule has 0 fully saturated rings. The number of anilines is 1. The highest BCUT2D eigenvalue weighted by Crippen LogP contribution is 2.48. The van der Waals surface area contributed by atoms with Gasteiger partial charge in [-0.05, 0) is 29.8 Å². The number of hydrogen-bond donors (Lipinski definition) is 2. The molecule has 3 aromatic rings. The van der Waals surface area contributed by atoms with Crippen LogP contribution in [0.15, 0.2) is 42.6 Å². The monoisotopic (exact) mass is 417 g/mol. The fourth-order valence-corrected chi connectivity index (χ4v) is 4.29. The first-order chi connectivity index (χ1) is 13.7. The second kappa shape index (κ2) is 6.94. The molecule has 2 N–H and O–H groups in total. The highest BCUT2D eigenvalue weighted by molar-refractivity contribution is 7.92. The Morgan fingerprint density at radius 3 is 2.62 bits per heavy atom. The third kappa shape index (κ3) is 3.31. The largest absolute Gasteiger partial charge is 0.505 e. The van der Waals surface area contributed by atoms with Gasteiger partial charge >= 0.3 is 0 Å². The SMILES string of the molecule is CN(c1c2c(c(O)c3ncccc13)C(O)N(Cc1ccc(F)cc1)C2)S(C)(=O)=O. The van der Waals surface area contributed by atoms with Gasteiger partial charge in [-0.25, -0.2) is 12.8 Å². The molecule has 0 saturated heterocycles. The molecule has 1 atom stereocenters. The maximum Gasteiger partial charge on any atom is 0.232 e. The highest BCUT2D eigenvalue weighted by Gasteiger charge is 2.37. The summed E-state index contributed by atoms with van der Waals surface area (Å²) in [7, 11) is -2.16. The average molecular weight is 417 g/mol. The van der Waals surface area contributed by atoms with E-state index in [1.807, 2.05) is 0 Å². The first-order valence-corrected chi connectivity index (χ1v) is 10.8. The lowest BCUT2D eigenvalue weighted by Gasteiger charge is -2.22. The van der Waals surface area contributed by atoms with Gasteiger partial charge in [-0.1, -0.05) is 12.1 Å². The summed E-state index contributed by atoms with van der Waals surface area (Å²) in [5, 5.41) is 22.2. The van der Waals surface area contributed by atoms with Crippen molar-refractivity contribution in [1.29, 1.82) is 0 Å². The number of hydrogen-bond acceptors (Lipinski definition) is 6. The predicted octanol–water partition coefficient (Wildman–Crippen LogP) is 2.48. The van der Waals surface area contributed by atoms with Gasteiger partial charge in [0.15, 0.2) is 0 Å². The van der Waals surface area contributed by atoms with E-state index in [9.17, 15) is 23.0 Å². The van der Waals surface area contributed by atoms with Crippen LogP contribution in [0.1, 0.15) is 22.9 Å². The van der Waals surface area contributed by atoms with E-state index in [0.717, 1.165) is 16.1 Å². The fourth-order valence-electron chi connectivity index (χ4n) is 3.75.